The Kier molecular flexibility index (Phi) is 4.26. The van der Waals surface area contributed by atoms with E-state index in [0.717, 1.165) is 4.34 Å². The van der Waals surface area contributed by atoms with Crippen LogP contribution in [0.25, 0.3) is 0 Å². The summed E-state index contributed by atoms with van der Waals surface area (Å²) in [6.45, 7) is 6.53. The number of thiophene rings is 2. The molecule has 0 aliphatic rings. The molecule has 0 aliphatic heterocycles. The fourth-order valence-electron chi connectivity index (χ4n) is 1.79. The maximum atomic E-state index is 5.95. The van der Waals surface area contributed by atoms with E-state index in [1.165, 1.54) is 14.6 Å². The Labute approximate surface area is 115 Å². The van der Waals surface area contributed by atoms with Gasteiger partial charge >= 0.3 is 0 Å². The van der Waals surface area contributed by atoms with E-state index in [1.807, 2.05) is 17.4 Å². The van der Waals surface area contributed by atoms with Gasteiger partial charge in [0.05, 0.1) is 4.34 Å². The predicted molar refractivity (Wildman–Crippen MR) is 78.4 cm³/mol. The zero-order chi connectivity index (χ0) is 12.4. The minimum atomic E-state index is 0.338. The van der Waals surface area contributed by atoms with Crippen molar-refractivity contribution in [2.45, 2.75) is 32.9 Å². The van der Waals surface area contributed by atoms with Crippen molar-refractivity contribution in [1.29, 1.82) is 0 Å². The van der Waals surface area contributed by atoms with Gasteiger partial charge in [0.15, 0.2) is 0 Å². The summed E-state index contributed by atoms with van der Waals surface area (Å²) in [5.74, 6) is 0. The molecule has 0 aromatic carbocycles. The largest absolute Gasteiger partial charge is 0.302 e. The molecule has 2 atom stereocenters. The fraction of sp³-hybridized carbons (Fsp3) is 0.385. The van der Waals surface area contributed by atoms with Crippen molar-refractivity contribution in [3.05, 3.63) is 43.2 Å². The third kappa shape index (κ3) is 3.32. The highest BCUT2D eigenvalue weighted by Gasteiger charge is 2.13. The summed E-state index contributed by atoms with van der Waals surface area (Å²) in [6.07, 6.45) is 0. The lowest BCUT2D eigenvalue weighted by Crippen LogP contribution is -2.20. The molecule has 0 aliphatic carbocycles. The Morgan fingerprint density at radius 3 is 2.06 bits per heavy atom. The molecule has 0 spiro atoms. The molecule has 2 aromatic heterocycles. The number of halogens is 1. The molecule has 1 N–H and O–H groups in total. The highest BCUT2D eigenvalue weighted by molar-refractivity contribution is 7.16. The van der Waals surface area contributed by atoms with Crippen LogP contribution in [0.3, 0.4) is 0 Å². The molecule has 0 radical (unpaired) electrons. The van der Waals surface area contributed by atoms with Crippen LogP contribution in [0.15, 0.2) is 24.3 Å². The minimum absolute atomic E-state index is 0.338. The van der Waals surface area contributed by atoms with Gasteiger partial charge in [0, 0.05) is 26.7 Å². The second-order valence-corrected chi connectivity index (χ2v) is 7.27. The summed E-state index contributed by atoms with van der Waals surface area (Å²) >= 11 is 9.45. The monoisotopic (exact) mass is 285 g/mol. The molecular formula is C13H16ClNS2. The van der Waals surface area contributed by atoms with Crippen LogP contribution in [-0.4, -0.2) is 0 Å². The maximum absolute atomic E-state index is 5.95. The van der Waals surface area contributed by atoms with Crippen molar-refractivity contribution >= 4 is 34.3 Å². The molecule has 17 heavy (non-hydrogen) atoms. The average molecular weight is 286 g/mol. The highest BCUT2D eigenvalue weighted by Crippen LogP contribution is 2.29. The second-order valence-electron chi connectivity index (χ2n) is 4.20. The van der Waals surface area contributed by atoms with Gasteiger partial charge in [-0.2, -0.15) is 0 Å². The number of nitrogens with one attached hydrogen (secondary N) is 1. The van der Waals surface area contributed by atoms with Gasteiger partial charge in [0.25, 0.3) is 0 Å². The van der Waals surface area contributed by atoms with Crippen LogP contribution < -0.4 is 5.32 Å². The predicted octanol–water partition coefficient (Wildman–Crippen LogP) is 5.18. The summed E-state index contributed by atoms with van der Waals surface area (Å²) in [5.41, 5.74) is 0. The fourth-order valence-corrected chi connectivity index (χ4v) is 3.75. The molecule has 1 nitrogen and oxygen atoms in total. The van der Waals surface area contributed by atoms with Gasteiger partial charge in [-0.05, 0) is 45.0 Å². The quantitative estimate of drug-likeness (QED) is 0.816. The molecule has 0 saturated carbocycles. The molecule has 0 amide bonds. The van der Waals surface area contributed by atoms with Crippen molar-refractivity contribution in [2.75, 3.05) is 0 Å². The molecule has 2 aromatic rings. The van der Waals surface area contributed by atoms with Crippen LogP contribution in [0.4, 0.5) is 0 Å². The van der Waals surface area contributed by atoms with Gasteiger partial charge in [-0.3, -0.25) is 0 Å². The Balaban J connectivity index is 2.01. The number of hydrogen-bond acceptors (Lipinski definition) is 3. The van der Waals surface area contributed by atoms with E-state index in [4.69, 9.17) is 11.6 Å². The first-order valence-corrected chi connectivity index (χ1v) is 7.65. The Hall–Kier alpha value is -0.350. The Morgan fingerprint density at radius 2 is 1.59 bits per heavy atom. The average Bonchev–Trinajstić information content (AvgIpc) is 2.87. The summed E-state index contributed by atoms with van der Waals surface area (Å²) in [6, 6.07) is 9.14. The maximum Gasteiger partial charge on any atom is 0.0931 e. The standard InChI is InChI=1S/C13H16ClNS2/c1-8-4-5-11(16-8)9(2)15-10(3)12-6-7-13(14)17-12/h4-7,9-10,15H,1-3H3. The van der Waals surface area contributed by atoms with Crippen LogP contribution in [0.1, 0.15) is 40.6 Å². The van der Waals surface area contributed by atoms with Gasteiger partial charge in [0.2, 0.25) is 0 Å². The van der Waals surface area contributed by atoms with Crippen LogP contribution in [-0.2, 0) is 0 Å². The highest BCUT2D eigenvalue weighted by atomic mass is 35.5. The molecule has 2 heterocycles. The molecule has 0 fully saturated rings. The number of hydrogen-bond donors (Lipinski definition) is 1. The topological polar surface area (TPSA) is 12.0 Å². The van der Waals surface area contributed by atoms with E-state index in [2.05, 4.69) is 44.3 Å². The van der Waals surface area contributed by atoms with Crippen molar-refractivity contribution < 1.29 is 0 Å². The van der Waals surface area contributed by atoms with Crippen molar-refractivity contribution in [3.63, 3.8) is 0 Å². The van der Waals surface area contributed by atoms with E-state index in [-0.39, 0.29) is 0 Å². The molecule has 2 unspecified atom stereocenters. The zero-order valence-electron chi connectivity index (χ0n) is 10.2. The number of aryl methyl sites for hydroxylation is 1. The van der Waals surface area contributed by atoms with E-state index < -0.39 is 0 Å². The van der Waals surface area contributed by atoms with Gasteiger partial charge in [-0.1, -0.05) is 11.6 Å². The van der Waals surface area contributed by atoms with Gasteiger partial charge < -0.3 is 5.32 Å². The van der Waals surface area contributed by atoms with E-state index in [1.54, 1.807) is 11.3 Å². The van der Waals surface area contributed by atoms with E-state index in [0.29, 0.717) is 12.1 Å². The summed E-state index contributed by atoms with van der Waals surface area (Å²) < 4.78 is 0.855. The summed E-state index contributed by atoms with van der Waals surface area (Å²) in [4.78, 5) is 4.03. The smallest absolute Gasteiger partial charge is 0.0931 e. The lowest BCUT2D eigenvalue weighted by Gasteiger charge is -2.18. The van der Waals surface area contributed by atoms with Crippen molar-refractivity contribution in [2.24, 2.45) is 0 Å². The first kappa shape index (κ1) is 13.1. The lowest BCUT2D eigenvalue weighted by atomic mass is 10.2. The third-order valence-corrected chi connectivity index (χ3v) is 5.31. The first-order chi connectivity index (χ1) is 8.06. The normalized spacial score (nSPS) is 14.8. The minimum Gasteiger partial charge on any atom is -0.302 e. The molecular weight excluding hydrogens is 270 g/mol. The summed E-state index contributed by atoms with van der Waals surface area (Å²) in [7, 11) is 0. The Bertz CT molecular complexity index is 445. The molecule has 0 bridgehead atoms. The van der Waals surface area contributed by atoms with Gasteiger partial charge in [-0.15, -0.1) is 22.7 Å². The third-order valence-electron chi connectivity index (χ3n) is 2.71. The lowest BCUT2D eigenvalue weighted by molar-refractivity contribution is 0.506. The molecule has 0 saturated heterocycles. The Morgan fingerprint density at radius 1 is 1.00 bits per heavy atom. The zero-order valence-corrected chi connectivity index (χ0v) is 12.5. The van der Waals surface area contributed by atoms with Gasteiger partial charge in [-0.25, -0.2) is 0 Å². The van der Waals surface area contributed by atoms with Crippen LogP contribution in [0, 0.1) is 6.92 Å². The second kappa shape index (κ2) is 5.53. The molecule has 2 rings (SSSR count). The van der Waals surface area contributed by atoms with Crippen LogP contribution >= 0.6 is 34.3 Å². The van der Waals surface area contributed by atoms with Crippen molar-refractivity contribution in [3.8, 4) is 0 Å². The number of rotatable bonds is 4. The van der Waals surface area contributed by atoms with Crippen LogP contribution in [0.2, 0.25) is 4.34 Å². The van der Waals surface area contributed by atoms with Gasteiger partial charge in [0.1, 0.15) is 0 Å². The van der Waals surface area contributed by atoms with Crippen LogP contribution in [0.5, 0.6) is 0 Å². The molecule has 4 heteroatoms. The van der Waals surface area contributed by atoms with Crippen molar-refractivity contribution in [1.82, 2.24) is 5.32 Å². The van der Waals surface area contributed by atoms with E-state index in [9.17, 15) is 0 Å². The first-order valence-electron chi connectivity index (χ1n) is 5.64. The SMILES string of the molecule is Cc1ccc(C(C)NC(C)c2ccc(Cl)s2)s1. The van der Waals surface area contributed by atoms with E-state index >= 15 is 0 Å². The summed E-state index contributed by atoms with van der Waals surface area (Å²) in [5, 5.41) is 3.60. The molecule has 92 valence electrons.